The molecular weight excluding hydrogens is 695 g/mol. The largest absolute Gasteiger partial charge is 0.405 e. The molecule has 45 heavy (non-hydrogen) atoms. The number of aromatic amines is 4. The van der Waals surface area contributed by atoms with Crippen molar-refractivity contribution in [3.63, 3.8) is 0 Å². The van der Waals surface area contributed by atoms with Gasteiger partial charge >= 0.3 is 22.6 Å². The molecule has 2 fully saturated rings. The van der Waals surface area contributed by atoms with Crippen LogP contribution in [0.2, 0.25) is 0 Å². The molecule has 2 saturated carbocycles. The van der Waals surface area contributed by atoms with Gasteiger partial charge in [-0.05, 0) is 76.8 Å². The molecule has 7 rings (SSSR count). The standard InChI is InChI=1S/C19H18N2O4.C13H13IN2O4/c22-16-15-13(10-9-11-5-4-6-11)14(12-7-2-1-3-8-12)18(23)25-17(15)21-19(24)20-16;14-9-7(5-4-6-2-1-3-6)8-10(17)15-13(19)16-11(8)20-12(9)18/h1-3,7-8,11H,4-6,9-10H2,(H2,20,21,22,24);6H,1-5H2,(H2,15,16,17,19). The molecule has 0 radical (unpaired) electrons. The molecule has 4 aromatic heterocycles. The molecule has 4 heterocycles. The molecule has 0 saturated heterocycles. The molecular formula is C32H31IN4O8. The predicted molar refractivity (Wildman–Crippen MR) is 177 cm³/mol. The Morgan fingerprint density at radius 1 is 0.644 bits per heavy atom. The highest BCUT2D eigenvalue weighted by atomic mass is 127. The molecule has 2 aliphatic rings. The van der Waals surface area contributed by atoms with Crippen LogP contribution in [0, 0.1) is 15.4 Å². The number of nitrogens with one attached hydrogen (secondary N) is 4. The van der Waals surface area contributed by atoms with Crippen molar-refractivity contribution in [2.45, 2.75) is 64.2 Å². The third-order valence-corrected chi connectivity index (χ3v) is 9.97. The van der Waals surface area contributed by atoms with Crippen molar-refractivity contribution in [3.8, 4) is 11.1 Å². The molecule has 1 aromatic carbocycles. The van der Waals surface area contributed by atoms with Gasteiger partial charge in [-0.15, -0.1) is 0 Å². The molecule has 234 valence electrons. The van der Waals surface area contributed by atoms with Gasteiger partial charge in [-0.25, -0.2) is 19.2 Å². The summed E-state index contributed by atoms with van der Waals surface area (Å²) in [6, 6.07) is 9.19. The first-order chi connectivity index (χ1) is 21.7. The molecule has 0 bridgehead atoms. The third-order valence-electron chi connectivity index (χ3n) is 8.88. The van der Waals surface area contributed by atoms with Crippen molar-refractivity contribution in [3.05, 3.63) is 108 Å². The quantitative estimate of drug-likeness (QED) is 0.180. The molecule has 0 spiro atoms. The zero-order valence-corrected chi connectivity index (χ0v) is 26.4. The van der Waals surface area contributed by atoms with E-state index in [0.29, 0.717) is 50.5 Å². The number of benzene rings is 1. The molecule has 2 aliphatic carbocycles. The first-order valence-corrected chi connectivity index (χ1v) is 16.1. The Balaban J connectivity index is 0.000000163. The molecule has 12 nitrogen and oxygen atoms in total. The van der Waals surface area contributed by atoms with E-state index in [1.54, 1.807) is 0 Å². The van der Waals surface area contributed by atoms with Gasteiger partial charge in [-0.2, -0.15) is 0 Å². The van der Waals surface area contributed by atoms with Crippen molar-refractivity contribution in [2.75, 3.05) is 0 Å². The molecule has 0 unspecified atom stereocenters. The Labute approximate surface area is 267 Å². The zero-order chi connectivity index (χ0) is 31.7. The van der Waals surface area contributed by atoms with Crippen LogP contribution < -0.4 is 33.7 Å². The van der Waals surface area contributed by atoms with Crippen molar-refractivity contribution in [1.29, 1.82) is 0 Å². The fraction of sp³-hybridized carbons (Fsp3) is 0.375. The van der Waals surface area contributed by atoms with Gasteiger partial charge in [0.2, 0.25) is 11.4 Å². The van der Waals surface area contributed by atoms with E-state index in [-0.39, 0.29) is 22.2 Å². The summed E-state index contributed by atoms with van der Waals surface area (Å²) in [4.78, 5) is 80.8. The first-order valence-electron chi connectivity index (χ1n) is 15.0. The number of fused-ring (bicyclic) bond motifs is 2. The number of aromatic nitrogens is 4. The summed E-state index contributed by atoms with van der Waals surface area (Å²) in [5, 5.41) is 0.547. The summed E-state index contributed by atoms with van der Waals surface area (Å²) >= 11 is 1.90. The van der Waals surface area contributed by atoms with E-state index in [1.807, 2.05) is 52.9 Å². The van der Waals surface area contributed by atoms with Gasteiger partial charge in [0, 0.05) is 0 Å². The van der Waals surface area contributed by atoms with Crippen LogP contribution in [0.3, 0.4) is 0 Å². The first kappa shape index (κ1) is 30.7. The lowest BCUT2D eigenvalue weighted by atomic mass is 9.80. The van der Waals surface area contributed by atoms with Gasteiger partial charge in [0.1, 0.15) is 14.3 Å². The number of rotatable bonds is 7. The Morgan fingerprint density at radius 2 is 1.13 bits per heavy atom. The van der Waals surface area contributed by atoms with Crippen LogP contribution >= 0.6 is 22.6 Å². The van der Waals surface area contributed by atoms with E-state index < -0.39 is 33.7 Å². The second kappa shape index (κ2) is 13.0. The minimum absolute atomic E-state index is 0.0345. The summed E-state index contributed by atoms with van der Waals surface area (Å²) in [5.74, 6) is 1.31. The topological polar surface area (TPSA) is 192 Å². The van der Waals surface area contributed by atoms with Crippen LogP contribution in [0.5, 0.6) is 0 Å². The summed E-state index contributed by atoms with van der Waals surface area (Å²) < 4.78 is 10.7. The summed E-state index contributed by atoms with van der Waals surface area (Å²) in [7, 11) is 0. The van der Waals surface area contributed by atoms with E-state index in [9.17, 15) is 28.8 Å². The molecule has 0 atom stereocenters. The van der Waals surface area contributed by atoms with E-state index in [0.717, 1.165) is 12.8 Å². The Kier molecular flexibility index (Phi) is 8.88. The Bertz CT molecular complexity index is 2240. The van der Waals surface area contributed by atoms with Crippen molar-refractivity contribution < 1.29 is 8.83 Å². The molecule has 13 heteroatoms. The Morgan fingerprint density at radius 3 is 1.64 bits per heavy atom. The predicted octanol–water partition coefficient (Wildman–Crippen LogP) is 4.08. The van der Waals surface area contributed by atoms with E-state index >= 15 is 0 Å². The fourth-order valence-corrected chi connectivity index (χ4v) is 6.69. The van der Waals surface area contributed by atoms with E-state index in [2.05, 4.69) is 19.9 Å². The monoisotopic (exact) mass is 726 g/mol. The van der Waals surface area contributed by atoms with Gasteiger partial charge in [0.25, 0.3) is 11.1 Å². The van der Waals surface area contributed by atoms with Crippen LogP contribution in [-0.2, 0) is 12.8 Å². The average molecular weight is 727 g/mol. The van der Waals surface area contributed by atoms with Crippen molar-refractivity contribution in [1.82, 2.24) is 19.9 Å². The highest BCUT2D eigenvalue weighted by Gasteiger charge is 2.23. The molecule has 0 amide bonds. The minimum atomic E-state index is -0.682. The summed E-state index contributed by atoms with van der Waals surface area (Å²) in [6.45, 7) is 0. The third kappa shape index (κ3) is 6.44. The van der Waals surface area contributed by atoms with Crippen LogP contribution in [0.15, 0.2) is 67.9 Å². The maximum absolute atomic E-state index is 12.6. The number of halogens is 1. The van der Waals surface area contributed by atoms with Gasteiger partial charge < -0.3 is 8.83 Å². The summed E-state index contributed by atoms with van der Waals surface area (Å²) in [5.41, 5.74) is -1.06. The normalized spacial score (nSPS) is 15.0. The number of hydrogen-bond acceptors (Lipinski definition) is 8. The van der Waals surface area contributed by atoms with Crippen LogP contribution in [0.1, 0.15) is 62.5 Å². The van der Waals surface area contributed by atoms with Crippen LogP contribution in [-0.4, -0.2) is 19.9 Å². The van der Waals surface area contributed by atoms with Crippen LogP contribution in [0.4, 0.5) is 0 Å². The molecule has 0 aliphatic heterocycles. The summed E-state index contributed by atoms with van der Waals surface area (Å²) in [6.07, 6.45) is 10.4. The average Bonchev–Trinajstić information content (AvgIpc) is 2.93. The SMILES string of the molecule is O=c1[nH]c(=O)c2c(CCC3CCC3)c(-c3ccccc3)c(=O)oc2[nH]1.O=c1[nH]c(=O)c2c(CCC3CCC3)c(I)c(=O)oc2[nH]1. The van der Waals surface area contributed by atoms with Crippen molar-refractivity contribution >= 4 is 44.8 Å². The number of aryl methyl sites for hydroxylation is 2. The lowest BCUT2D eigenvalue weighted by Crippen LogP contribution is -2.25. The highest BCUT2D eigenvalue weighted by molar-refractivity contribution is 14.1. The Hall–Kier alpha value is -4.27. The smallest absolute Gasteiger partial charge is 0.351 e. The second-order valence-corrected chi connectivity index (χ2v) is 12.8. The maximum atomic E-state index is 12.6. The lowest BCUT2D eigenvalue weighted by molar-refractivity contribution is 0.296. The van der Waals surface area contributed by atoms with Gasteiger partial charge in [-0.1, -0.05) is 68.9 Å². The zero-order valence-electron chi connectivity index (χ0n) is 24.3. The van der Waals surface area contributed by atoms with E-state index in [1.165, 1.54) is 38.5 Å². The minimum Gasteiger partial charge on any atom is -0.405 e. The highest BCUT2D eigenvalue weighted by Crippen LogP contribution is 2.33. The van der Waals surface area contributed by atoms with Gasteiger partial charge in [0.15, 0.2) is 0 Å². The number of hydrogen-bond donors (Lipinski definition) is 4. The maximum Gasteiger partial charge on any atom is 0.351 e. The van der Waals surface area contributed by atoms with Gasteiger partial charge in [-0.3, -0.25) is 29.5 Å². The van der Waals surface area contributed by atoms with Crippen molar-refractivity contribution in [2.24, 2.45) is 11.8 Å². The van der Waals surface area contributed by atoms with E-state index in [4.69, 9.17) is 8.83 Å². The molecule has 5 aromatic rings. The fourth-order valence-electron chi connectivity index (χ4n) is 6.04. The van der Waals surface area contributed by atoms with Gasteiger partial charge in [0.05, 0.1) is 5.56 Å². The van der Waals surface area contributed by atoms with Crippen LogP contribution in [0.25, 0.3) is 33.3 Å². The second-order valence-electron chi connectivity index (χ2n) is 11.7. The lowest BCUT2D eigenvalue weighted by Gasteiger charge is -2.25. The molecule has 4 N–H and O–H groups in total. The number of H-pyrrole nitrogens is 4.